The number of hydrogen-bond acceptors (Lipinski definition) is 1. The highest BCUT2D eigenvalue weighted by Crippen LogP contribution is 2.38. The van der Waals surface area contributed by atoms with Crippen molar-refractivity contribution in [1.29, 1.82) is 0 Å². The summed E-state index contributed by atoms with van der Waals surface area (Å²) in [4.78, 5) is 12.3. The Morgan fingerprint density at radius 3 is 2.62 bits per heavy atom. The summed E-state index contributed by atoms with van der Waals surface area (Å²) in [7, 11) is 0. The van der Waals surface area contributed by atoms with Crippen LogP contribution in [0.3, 0.4) is 0 Å². The van der Waals surface area contributed by atoms with Crippen molar-refractivity contribution in [3.8, 4) is 0 Å². The highest BCUT2D eigenvalue weighted by molar-refractivity contribution is 9.09. The molecule has 0 aromatic rings. The third-order valence-corrected chi connectivity index (χ3v) is 5.26. The summed E-state index contributed by atoms with van der Waals surface area (Å²) in [6.07, 6.45) is 8.27. The van der Waals surface area contributed by atoms with Gasteiger partial charge in [-0.3, -0.25) is 4.79 Å². The molecule has 1 amide bonds. The van der Waals surface area contributed by atoms with Crippen LogP contribution in [0.5, 0.6) is 0 Å². The van der Waals surface area contributed by atoms with E-state index in [1.54, 1.807) is 0 Å². The van der Waals surface area contributed by atoms with Gasteiger partial charge in [0.2, 0.25) is 5.91 Å². The summed E-state index contributed by atoms with van der Waals surface area (Å²) < 4.78 is 0. The lowest BCUT2D eigenvalue weighted by Crippen LogP contribution is -2.44. The van der Waals surface area contributed by atoms with Crippen LogP contribution in [-0.4, -0.2) is 17.3 Å². The van der Waals surface area contributed by atoms with E-state index in [2.05, 4.69) is 28.2 Å². The molecule has 2 atom stereocenters. The summed E-state index contributed by atoms with van der Waals surface area (Å²) in [5.41, 5.74) is -0.0700. The van der Waals surface area contributed by atoms with E-state index in [9.17, 15) is 4.79 Å². The summed E-state index contributed by atoms with van der Waals surface area (Å²) >= 11 is 3.55. The molecule has 16 heavy (non-hydrogen) atoms. The van der Waals surface area contributed by atoms with Gasteiger partial charge >= 0.3 is 0 Å². The maximum Gasteiger partial charge on any atom is 0.226 e. The van der Waals surface area contributed by atoms with Crippen molar-refractivity contribution in [3.05, 3.63) is 0 Å². The lowest BCUT2D eigenvalue weighted by Gasteiger charge is -2.27. The van der Waals surface area contributed by atoms with E-state index >= 15 is 0 Å². The third kappa shape index (κ3) is 2.44. The second-order valence-electron chi connectivity index (χ2n) is 5.69. The van der Waals surface area contributed by atoms with Gasteiger partial charge in [0.1, 0.15) is 0 Å². The van der Waals surface area contributed by atoms with Gasteiger partial charge in [-0.1, -0.05) is 42.1 Å². The Balaban J connectivity index is 1.91. The molecule has 0 radical (unpaired) electrons. The van der Waals surface area contributed by atoms with Gasteiger partial charge in [0.05, 0.1) is 0 Å². The van der Waals surface area contributed by atoms with Crippen molar-refractivity contribution in [2.45, 2.75) is 57.9 Å². The second kappa shape index (κ2) is 5.07. The van der Waals surface area contributed by atoms with Gasteiger partial charge in [-0.15, -0.1) is 0 Å². The fraction of sp³-hybridized carbons (Fsp3) is 0.923. The van der Waals surface area contributed by atoms with Crippen molar-refractivity contribution < 1.29 is 4.79 Å². The normalized spacial score (nSPS) is 32.9. The summed E-state index contributed by atoms with van der Waals surface area (Å²) in [6.45, 7) is 2.13. The predicted octanol–water partition coefficient (Wildman–Crippen LogP) is 3.25. The number of carbonyl (C=O) groups excluding carboxylic acids is 1. The maximum absolute atomic E-state index is 12.3. The fourth-order valence-corrected chi connectivity index (χ4v) is 3.91. The molecule has 0 aliphatic heterocycles. The van der Waals surface area contributed by atoms with Crippen molar-refractivity contribution >= 4 is 21.8 Å². The second-order valence-corrected chi connectivity index (χ2v) is 6.34. The third-order valence-electron chi connectivity index (χ3n) is 4.43. The molecule has 0 bridgehead atoms. The zero-order valence-electron chi connectivity index (χ0n) is 10.1. The Bertz CT molecular complexity index is 261. The average Bonchev–Trinajstić information content (AvgIpc) is 2.87. The average molecular weight is 288 g/mol. The summed E-state index contributed by atoms with van der Waals surface area (Å²) in [5.74, 6) is 0.955. The molecule has 0 heterocycles. The van der Waals surface area contributed by atoms with Gasteiger partial charge in [0.15, 0.2) is 0 Å². The molecule has 2 aliphatic carbocycles. The number of nitrogens with one attached hydrogen (secondary N) is 1. The van der Waals surface area contributed by atoms with Crippen LogP contribution in [0.15, 0.2) is 0 Å². The molecule has 2 rings (SSSR count). The molecule has 2 unspecified atom stereocenters. The SMILES string of the molecule is CC1(C(=O)NC2CCCC2CBr)CCCC1. The van der Waals surface area contributed by atoms with Gasteiger partial charge in [-0.2, -0.15) is 0 Å². The quantitative estimate of drug-likeness (QED) is 0.794. The number of amides is 1. The lowest BCUT2D eigenvalue weighted by molar-refractivity contribution is -0.130. The van der Waals surface area contributed by atoms with E-state index in [1.807, 2.05) is 0 Å². The first-order chi connectivity index (χ1) is 7.65. The van der Waals surface area contributed by atoms with Crippen LogP contribution in [0.1, 0.15) is 51.9 Å². The molecule has 2 fully saturated rings. The lowest BCUT2D eigenvalue weighted by atomic mass is 9.87. The molecule has 0 aromatic carbocycles. The standard InChI is InChI=1S/C13H22BrNO/c1-13(7-2-3-8-13)12(16)15-11-6-4-5-10(11)9-14/h10-11H,2-9H2,1H3,(H,15,16). The number of halogens is 1. The van der Waals surface area contributed by atoms with Crippen LogP contribution < -0.4 is 5.32 Å². The van der Waals surface area contributed by atoms with Gasteiger partial charge in [-0.25, -0.2) is 0 Å². The zero-order valence-corrected chi connectivity index (χ0v) is 11.7. The highest BCUT2D eigenvalue weighted by atomic mass is 79.9. The monoisotopic (exact) mass is 287 g/mol. The van der Waals surface area contributed by atoms with Gasteiger partial charge in [0.25, 0.3) is 0 Å². The largest absolute Gasteiger partial charge is 0.353 e. The predicted molar refractivity (Wildman–Crippen MR) is 69.6 cm³/mol. The van der Waals surface area contributed by atoms with Crippen LogP contribution in [-0.2, 0) is 4.79 Å². The van der Waals surface area contributed by atoms with Crippen molar-refractivity contribution in [2.24, 2.45) is 11.3 Å². The van der Waals surface area contributed by atoms with Crippen molar-refractivity contribution in [3.63, 3.8) is 0 Å². The summed E-state index contributed by atoms with van der Waals surface area (Å²) in [6, 6.07) is 0.421. The molecule has 92 valence electrons. The van der Waals surface area contributed by atoms with E-state index < -0.39 is 0 Å². The molecule has 1 N–H and O–H groups in total. The number of rotatable bonds is 3. The molecule has 2 aliphatic rings. The Hall–Kier alpha value is -0.0500. The van der Waals surface area contributed by atoms with Crippen LogP contribution in [0.25, 0.3) is 0 Å². The molecule has 2 saturated carbocycles. The van der Waals surface area contributed by atoms with Crippen LogP contribution in [0, 0.1) is 11.3 Å². The molecule has 0 spiro atoms. The number of hydrogen-bond donors (Lipinski definition) is 1. The van der Waals surface area contributed by atoms with E-state index in [-0.39, 0.29) is 5.41 Å². The minimum atomic E-state index is -0.0700. The Morgan fingerprint density at radius 1 is 1.31 bits per heavy atom. The Labute approximate surface area is 107 Å². The van der Waals surface area contributed by atoms with Crippen LogP contribution in [0.2, 0.25) is 0 Å². The van der Waals surface area contributed by atoms with Crippen molar-refractivity contribution in [1.82, 2.24) is 5.32 Å². The van der Waals surface area contributed by atoms with Crippen LogP contribution in [0.4, 0.5) is 0 Å². The van der Waals surface area contributed by atoms with Gasteiger partial charge in [0, 0.05) is 16.8 Å². The zero-order chi connectivity index (χ0) is 11.6. The first-order valence-electron chi connectivity index (χ1n) is 6.53. The van der Waals surface area contributed by atoms with Gasteiger partial charge in [-0.05, 0) is 31.6 Å². The maximum atomic E-state index is 12.3. The van der Waals surface area contributed by atoms with Crippen LogP contribution >= 0.6 is 15.9 Å². The first-order valence-corrected chi connectivity index (χ1v) is 7.65. The number of alkyl halides is 1. The van der Waals surface area contributed by atoms with Gasteiger partial charge < -0.3 is 5.32 Å². The van der Waals surface area contributed by atoms with E-state index in [0.29, 0.717) is 17.9 Å². The van der Waals surface area contributed by atoms with Crippen molar-refractivity contribution in [2.75, 3.05) is 5.33 Å². The topological polar surface area (TPSA) is 29.1 Å². The smallest absolute Gasteiger partial charge is 0.226 e. The first kappa shape index (κ1) is 12.4. The minimum Gasteiger partial charge on any atom is -0.353 e. The molecular weight excluding hydrogens is 266 g/mol. The Kier molecular flexibility index (Phi) is 3.93. The molecule has 0 saturated heterocycles. The molecule has 2 nitrogen and oxygen atoms in total. The summed E-state index contributed by atoms with van der Waals surface area (Å²) in [5, 5.41) is 4.32. The fourth-order valence-electron chi connectivity index (χ4n) is 3.14. The highest BCUT2D eigenvalue weighted by Gasteiger charge is 2.38. The Morgan fingerprint density at radius 2 is 2.00 bits per heavy atom. The molecule has 0 aromatic heterocycles. The van der Waals surface area contributed by atoms with E-state index in [1.165, 1.54) is 25.7 Å². The van der Waals surface area contributed by atoms with E-state index in [0.717, 1.165) is 24.6 Å². The number of carbonyl (C=O) groups is 1. The van der Waals surface area contributed by atoms with E-state index in [4.69, 9.17) is 0 Å². The minimum absolute atomic E-state index is 0.0700. The molecular formula is C13H22BrNO. The molecule has 3 heteroatoms.